The van der Waals surface area contributed by atoms with Gasteiger partial charge in [0.2, 0.25) is 0 Å². The highest BCUT2D eigenvalue weighted by atomic mass is 16.1. The van der Waals surface area contributed by atoms with Crippen LogP contribution in [0.25, 0.3) is 0 Å². The molecule has 1 saturated heterocycles. The smallest absolute Gasteiger partial charge is 0.120 e. The minimum atomic E-state index is 0.742. The third-order valence-electron chi connectivity index (χ3n) is 1.86. The number of nitrogens with one attached hydrogen (secondary N) is 1. The summed E-state index contributed by atoms with van der Waals surface area (Å²) in [7, 11) is 0. The first-order valence-electron chi connectivity index (χ1n) is 3.58. The molecular weight excluding hydrogens is 114 g/mol. The highest BCUT2D eigenvalue weighted by Gasteiger charge is 2.12. The highest BCUT2D eigenvalue weighted by Crippen LogP contribution is 2.12. The van der Waals surface area contributed by atoms with Crippen molar-refractivity contribution < 1.29 is 4.79 Å². The van der Waals surface area contributed by atoms with Crippen LogP contribution in [0, 0.1) is 5.92 Å². The molecule has 52 valence electrons. The van der Waals surface area contributed by atoms with Crippen LogP contribution in [0.3, 0.4) is 0 Å². The molecule has 0 aromatic carbocycles. The molecule has 0 bridgehead atoms. The lowest BCUT2D eigenvalue weighted by Crippen LogP contribution is -2.08. The van der Waals surface area contributed by atoms with E-state index in [4.69, 9.17) is 0 Å². The first-order valence-corrected chi connectivity index (χ1v) is 3.58. The molecule has 2 heteroatoms. The van der Waals surface area contributed by atoms with E-state index in [1.807, 2.05) is 0 Å². The SMILES string of the molecule is O=CCCC1CCNC1. The predicted octanol–water partition coefficient (Wildman–Crippen LogP) is 0.575. The number of aldehydes is 1. The molecule has 0 aliphatic carbocycles. The molecule has 9 heavy (non-hydrogen) atoms. The van der Waals surface area contributed by atoms with Crippen molar-refractivity contribution in [2.75, 3.05) is 13.1 Å². The number of carbonyl (C=O) groups is 1. The van der Waals surface area contributed by atoms with Crippen LogP contribution < -0.4 is 5.32 Å². The molecule has 1 N–H and O–H groups in total. The van der Waals surface area contributed by atoms with E-state index in [0.717, 1.165) is 38.1 Å². The Kier molecular flexibility index (Phi) is 2.71. The lowest BCUT2D eigenvalue weighted by atomic mass is 10.0. The van der Waals surface area contributed by atoms with Gasteiger partial charge in [-0.1, -0.05) is 0 Å². The van der Waals surface area contributed by atoms with Crippen molar-refractivity contribution >= 4 is 6.29 Å². The van der Waals surface area contributed by atoms with Crippen molar-refractivity contribution in [2.45, 2.75) is 19.3 Å². The summed E-state index contributed by atoms with van der Waals surface area (Å²) in [6.45, 7) is 2.26. The van der Waals surface area contributed by atoms with Gasteiger partial charge < -0.3 is 10.1 Å². The van der Waals surface area contributed by atoms with Gasteiger partial charge in [0.05, 0.1) is 0 Å². The van der Waals surface area contributed by atoms with Crippen LogP contribution in [0.5, 0.6) is 0 Å². The lowest BCUT2D eigenvalue weighted by molar-refractivity contribution is -0.108. The summed E-state index contributed by atoms with van der Waals surface area (Å²) in [6.07, 6.45) is 4.09. The Labute approximate surface area is 55.6 Å². The first-order chi connectivity index (χ1) is 4.43. The second-order valence-corrected chi connectivity index (χ2v) is 2.60. The molecule has 1 unspecified atom stereocenters. The third-order valence-corrected chi connectivity index (χ3v) is 1.86. The summed E-state index contributed by atoms with van der Waals surface area (Å²) in [6, 6.07) is 0. The molecular formula is C7H13NO. The number of rotatable bonds is 3. The zero-order chi connectivity index (χ0) is 6.53. The molecule has 2 nitrogen and oxygen atoms in total. The second-order valence-electron chi connectivity index (χ2n) is 2.60. The van der Waals surface area contributed by atoms with Crippen molar-refractivity contribution in [3.8, 4) is 0 Å². The fraction of sp³-hybridized carbons (Fsp3) is 0.857. The van der Waals surface area contributed by atoms with Gasteiger partial charge in [-0.2, -0.15) is 0 Å². The van der Waals surface area contributed by atoms with Crippen LogP contribution in [0.15, 0.2) is 0 Å². The summed E-state index contributed by atoms with van der Waals surface area (Å²) in [5.41, 5.74) is 0. The Morgan fingerprint density at radius 3 is 3.11 bits per heavy atom. The van der Waals surface area contributed by atoms with E-state index in [9.17, 15) is 4.79 Å². The molecule has 0 saturated carbocycles. The van der Waals surface area contributed by atoms with E-state index in [1.165, 1.54) is 6.42 Å². The van der Waals surface area contributed by atoms with Gasteiger partial charge in [-0.05, 0) is 31.8 Å². The molecule has 1 rings (SSSR count). The second kappa shape index (κ2) is 3.62. The van der Waals surface area contributed by atoms with Gasteiger partial charge in [-0.15, -0.1) is 0 Å². The van der Waals surface area contributed by atoms with Gasteiger partial charge in [0.1, 0.15) is 6.29 Å². The molecule has 1 fully saturated rings. The van der Waals surface area contributed by atoms with Crippen molar-refractivity contribution in [3.63, 3.8) is 0 Å². The zero-order valence-electron chi connectivity index (χ0n) is 5.60. The zero-order valence-corrected chi connectivity index (χ0v) is 5.60. The van der Waals surface area contributed by atoms with E-state index in [0.29, 0.717) is 0 Å². The molecule has 1 aliphatic rings. The molecule has 1 aliphatic heterocycles. The maximum atomic E-state index is 9.94. The van der Waals surface area contributed by atoms with Crippen LogP contribution in [0.2, 0.25) is 0 Å². The van der Waals surface area contributed by atoms with Crippen LogP contribution in [0.1, 0.15) is 19.3 Å². The minimum Gasteiger partial charge on any atom is -0.316 e. The molecule has 1 atom stereocenters. The summed E-state index contributed by atoms with van der Waals surface area (Å²) >= 11 is 0. The quantitative estimate of drug-likeness (QED) is 0.562. The summed E-state index contributed by atoms with van der Waals surface area (Å²) in [4.78, 5) is 9.94. The molecule has 0 amide bonds. The average molecular weight is 127 g/mol. The van der Waals surface area contributed by atoms with E-state index < -0.39 is 0 Å². The number of hydrogen-bond donors (Lipinski definition) is 1. The van der Waals surface area contributed by atoms with Crippen LogP contribution >= 0.6 is 0 Å². The highest BCUT2D eigenvalue weighted by molar-refractivity contribution is 5.49. The summed E-state index contributed by atoms with van der Waals surface area (Å²) in [5, 5.41) is 3.27. The largest absolute Gasteiger partial charge is 0.316 e. The maximum Gasteiger partial charge on any atom is 0.120 e. The van der Waals surface area contributed by atoms with Crippen LogP contribution in [0.4, 0.5) is 0 Å². The predicted molar refractivity (Wildman–Crippen MR) is 36.3 cm³/mol. The first kappa shape index (κ1) is 6.75. The van der Waals surface area contributed by atoms with Crippen molar-refractivity contribution in [1.29, 1.82) is 0 Å². The van der Waals surface area contributed by atoms with E-state index in [1.54, 1.807) is 0 Å². The standard InChI is InChI=1S/C7H13NO/c9-5-1-2-7-3-4-8-6-7/h5,7-8H,1-4,6H2. The van der Waals surface area contributed by atoms with E-state index >= 15 is 0 Å². The van der Waals surface area contributed by atoms with Gasteiger partial charge in [-0.25, -0.2) is 0 Å². The lowest BCUT2D eigenvalue weighted by Gasteiger charge is -2.02. The van der Waals surface area contributed by atoms with Crippen molar-refractivity contribution in [3.05, 3.63) is 0 Å². The Bertz CT molecular complexity index is 86.9. The third kappa shape index (κ3) is 2.14. The van der Waals surface area contributed by atoms with Gasteiger partial charge in [0.15, 0.2) is 0 Å². The monoisotopic (exact) mass is 127 g/mol. The van der Waals surface area contributed by atoms with Crippen molar-refractivity contribution in [2.24, 2.45) is 5.92 Å². The van der Waals surface area contributed by atoms with Gasteiger partial charge in [0, 0.05) is 6.42 Å². The maximum absolute atomic E-state index is 9.94. The normalized spacial score (nSPS) is 26.4. The molecule has 0 spiro atoms. The fourth-order valence-electron chi connectivity index (χ4n) is 1.26. The Hall–Kier alpha value is -0.370. The van der Waals surface area contributed by atoms with E-state index in [2.05, 4.69) is 5.32 Å². The molecule has 1 heterocycles. The van der Waals surface area contributed by atoms with Crippen LogP contribution in [-0.4, -0.2) is 19.4 Å². The Morgan fingerprint density at radius 2 is 2.56 bits per heavy atom. The number of carbonyl (C=O) groups excluding carboxylic acids is 1. The molecule has 0 radical (unpaired) electrons. The fourth-order valence-corrected chi connectivity index (χ4v) is 1.26. The Morgan fingerprint density at radius 1 is 1.67 bits per heavy atom. The number of hydrogen-bond acceptors (Lipinski definition) is 2. The summed E-state index contributed by atoms with van der Waals surface area (Å²) < 4.78 is 0. The molecule has 0 aromatic heterocycles. The topological polar surface area (TPSA) is 29.1 Å². The summed E-state index contributed by atoms with van der Waals surface area (Å²) in [5.74, 6) is 0.773. The van der Waals surface area contributed by atoms with E-state index in [-0.39, 0.29) is 0 Å². The van der Waals surface area contributed by atoms with Gasteiger partial charge in [0.25, 0.3) is 0 Å². The van der Waals surface area contributed by atoms with Gasteiger partial charge in [-0.3, -0.25) is 0 Å². The average Bonchev–Trinajstić information content (AvgIpc) is 2.34. The van der Waals surface area contributed by atoms with Crippen molar-refractivity contribution in [1.82, 2.24) is 5.32 Å². The van der Waals surface area contributed by atoms with Gasteiger partial charge >= 0.3 is 0 Å². The van der Waals surface area contributed by atoms with Crippen LogP contribution in [-0.2, 0) is 4.79 Å². The Balaban J connectivity index is 2.04. The molecule has 0 aromatic rings. The minimum absolute atomic E-state index is 0.742.